The molecule has 0 saturated carbocycles. The number of nitrogens with zero attached hydrogens (tertiary/aromatic N) is 2. The van der Waals surface area contributed by atoms with Crippen LogP contribution in [0, 0.1) is 0 Å². The van der Waals surface area contributed by atoms with E-state index < -0.39 is 0 Å². The topological polar surface area (TPSA) is 29.9 Å². The lowest BCUT2D eigenvalue weighted by Gasteiger charge is -2.16. The Labute approximate surface area is 92.9 Å². The van der Waals surface area contributed by atoms with Gasteiger partial charge in [-0.3, -0.25) is 4.68 Å². The zero-order valence-electron chi connectivity index (χ0n) is 10.2. The van der Waals surface area contributed by atoms with E-state index in [0.29, 0.717) is 6.04 Å². The highest BCUT2D eigenvalue weighted by atomic mass is 15.3. The van der Waals surface area contributed by atoms with E-state index in [1.807, 2.05) is 10.9 Å². The van der Waals surface area contributed by atoms with E-state index in [9.17, 15) is 0 Å². The number of hydrogen-bond donors (Lipinski definition) is 1. The van der Waals surface area contributed by atoms with E-state index in [2.05, 4.69) is 37.4 Å². The smallest absolute Gasteiger partial charge is 0.0728 e. The first-order chi connectivity index (χ1) is 7.30. The monoisotopic (exact) mass is 209 g/mol. The average Bonchev–Trinajstić information content (AvgIpc) is 2.71. The quantitative estimate of drug-likeness (QED) is 0.747. The Morgan fingerprint density at radius 1 is 1.40 bits per heavy atom. The van der Waals surface area contributed by atoms with Gasteiger partial charge >= 0.3 is 0 Å². The first-order valence-electron chi connectivity index (χ1n) is 6.09. The minimum Gasteiger partial charge on any atom is -0.380 e. The average molecular weight is 209 g/mol. The molecule has 1 heterocycles. The van der Waals surface area contributed by atoms with Gasteiger partial charge in [0.15, 0.2) is 0 Å². The maximum absolute atomic E-state index is 4.26. The summed E-state index contributed by atoms with van der Waals surface area (Å²) in [5, 5.41) is 7.79. The Kier molecular flexibility index (Phi) is 5.22. The van der Waals surface area contributed by atoms with Gasteiger partial charge in [-0.15, -0.1) is 0 Å². The lowest BCUT2D eigenvalue weighted by molar-refractivity contribution is 0.593. The molecule has 0 unspecified atom stereocenters. The molecule has 0 fully saturated rings. The van der Waals surface area contributed by atoms with Crippen LogP contribution < -0.4 is 5.32 Å². The van der Waals surface area contributed by atoms with Crippen LogP contribution in [0.25, 0.3) is 0 Å². The zero-order chi connectivity index (χ0) is 11.1. The number of rotatable bonds is 7. The van der Waals surface area contributed by atoms with Crippen molar-refractivity contribution in [2.75, 3.05) is 5.32 Å². The molecule has 0 aliphatic rings. The highest BCUT2D eigenvalue weighted by Crippen LogP contribution is 2.12. The van der Waals surface area contributed by atoms with Gasteiger partial charge in [-0.1, -0.05) is 26.7 Å². The molecule has 1 N–H and O–H groups in total. The number of aryl methyl sites for hydroxylation is 1. The van der Waals surface area contributed by atoms with Crippen molar-refractivity contribution in [3.8, 4) is 0 Å². The lowest BCUT2D eigenvalue weighted by Crippen LogP contribution is -2.17. The maximum atomic E-state index is 4.26. The number of anilines is 1. The second-order valence-corrected chi connectivity index (χ2v) is 3.98. The third-order valence-corrected chi connectivity index (χ3v) is 2.73. The van der Waals surface area contributed by atoms with Gasteiger partial charge in [0.05, 0.1) is 11.9 Å². The fourth-order valence-electron chi connectivity index (χ4n) is 1.68. The third-order valence-electron chi connectivity index (χ3n) is 2.73. The molecule has 0 aromatic carbocycles. The van der Waals surface area contributed by atoms with E-state index >= 15 is 0 Å². The highest BCUT2D eigenvalue weighted by molar-refractivity contribution is 5.39. The van der Waals surface area contributed by atoms with E-state index in [1.165, 1.54) is 25.7 Å². The molecule has 0 saturated heterocycles. The Hall–Kier alpha value is -0.990. The summed E-state index contributed by atoms with van der Waals surface area (Å²) < 4.78 is 1.95. The summed E-state index contributed by atoms with van der Waals surface area (Å²) >= 11 is 0. The SMILES string of the molecule is CCCC[C@@H](CC)Nc1cnn(CC)c1. The van der Waals surface area contributed by atoms with Gasteiger partial charge in [0.2, 0.25) is 0 Å². The molecule has 1 rings (SSSR count). The minimum absolute atomic E-state index is 0.597. The number of nitrogens with one attached hydrogen (secondary N) is 1. The van der Waals surface area contributed by atoms with Crippen molar-refractivity contribution >= 4 is 5.69 Å². The molecule has 1 aromatic rings. The van der Waals surface area contributed by atoms with Crippen molar-refractivity contribution in [3.63, 3.8) is 0 Å². The van der Waals surface area contributed by atoms with Crippen LogP contribution in [0.4, 0.5) is 5.69 Å². The van der Waals surface area contributed by atoms with Gasteiger partial charge < -0.3 is 5.32 Å². The van der Waals surface area contributed by atoms with Crippen LogP contribution in [-0.2, 0) is 6.54 Å². The molecule has 0 aliphatic carbocycles. The van der Waals surface area contributed by atoms with Gasteiger partial charge in [-0.25, -0.2) is 0 Å². The summed E-state index contributed by atoms with van der Waals surface area (Å²) in [5.41, 5.74) is 1.15. The van der Waals surface area contributed by atoms with Crippen LogP contribution in [0.5, 0.6) is 0 Å². The number of aromatic nitrogens is 2. The number of unbranched alkanes of at least 4 members (excludes halogenated alkanes) is 1. The normalized spacial score (nSPS) is 12.7. The lowest BCUT2D eigenvalue weighted by atomic mass is 10.1. The summed E-state index contributed by atoms with van der Waals surface area (Å²) in [7, 11) is 0. The second kappa shape index (κ2) is 6.49. The molecule has 0 bridgehead atoms. The van der Waals surface area contributed by atoms with E-state index in [-0.39, 0.29) is 0 Å². The van der Waals surface area contributed by atoms with Crippen LogP contribution in [-0.4, -0.2) is 15.8 Å². The standard InChI is InChI=1S/C12H23N3/c1-4-7-8-11(5-2)14-12-9-13-15(6-3)10-12/h9-11,14H,4-8H2,1-3H3/t11-/m1/s1. The van der Waals surface area contributed by atoms with E-state index in [4.69, 9.17) is 0 Å². The van der Waals surface area contributed by atoms with Crippen molar-refractivity contribution in [2.24, 2.45) is 0 Å². The molecule has 0 aliphatic heterocycles. The van der Waals surface area contributed by atoms with Crippen molar-refractivity contribution in [1.29, 1.82) is 0 Å². The predicted octanol–water partition coefficient (Wildman–Crippen LogP) is 3.28. The summed E-state index contributed by atoms with van der Waals surface area (Å²) in [6.45, 7) is 7.51. The molecule has 15 heavy (non-hydrogen) atoms. The van der Waals surface area contributed by atoms with Crippen molar-refractivity contribution in [3.05, 3.63) is 12.4 Å². The third kappa shape index (κ3) is 3.94. The molecule has 1 aromatic heterocycles. The molecule has 0 radical (unpaired) electrons. The minimum atomic E-state index is 0.597. The summed E-state index contributed by atoms with van der Waals surface area (Å²) in [6, 6.07) is 0.597. The molecule has 0 amide bonds. The largest absolute Gasteiger partial charge is 0.380 e. The van der Waals surface area contributed by atoms with Crippen LogP contribution in [0.2, 0.25) is 0 Å². The molecule has 0 spiro atoms. The predicted molar refractivity (Wildman–Crippen MR) is 65.1 cm³/mol. The van der Waals surface area contributed by atoms with Gasteiger partial charge in [0.1, 0.15) is 0 Å². The fourth-order valence-corrected chi connectivity index (χ4v) is 1.68. The molecule has 3 nitrogen and oxygen atoms in total. The molecular weight excluding hydrogens is 186 g/mol. The zero-order valence-corrected chi connectivity index (χ0v) is 10.2. The molecular formula is C12H23N3. The first-order valence-corrected chi connectivity index (χ1v) is 6.09. The van der Waals surface area contributed by atoms with Gasteiger partial charge in [0, 0.05) is 18.8 Å². The van der Waals surface area contributed by atoms with Gasteiger partial charge in [-0.05, 0) is 19.8 Å². The van der Waals surface area contributed by atoms with Gasteiger partial charge in [-0.2, -0.15) is 5.10 Å². The van der Waals surface area contributed by atoms with E-state index in [1.54, 1.807) is 0 Å². The summed E-state index contributed by atoms with van der Waals surface area (Å²) in [6.07, 6.45) is 8.99. The summed E-state index contributed by atoms with van der Waals surface area (Å²) in [4.78, 5) is 0. The Bertz CT molecular complexity index is 268. The van der Waals surface area contributed by atoms with Crippen molar-refractivity contribution < 1.29 is 0 Å². The molecule has 3 heteroatoms. The Morgan fingerprint density at radius 3 is 2.73 bits per heavy atom. The first kappa shape index (κ1) is 12.1. The van der Waals surface area contributed by atoms with Crippen LogP contribution in [0.1, 0.15) is 46.5 Å². The highest BCUT2D eigenvalue weighted by Gasteiger charge is 2.06. The Balaban J connectivity index is 2.43. The maximum Gasteiger partial charge on any atom is 0.0728 e. The van der Waals surface area contributed by atoms with Crippen LogP contribution in [0.15, 0.2) is 12.4 Å². The number of hydrogen-bond acceptors (Lipinski definition) is 2. The van der Waals surface area contributed by atoms with Crippen LogP contribution in [0.3, 0.4) is 0 Å². The van der Waals surface area contributed by atoms with Crippen molar-refractivity contribution in [1.82, 2.24) is 9.78 Å². The Morgan fingerprint density at radius 2 is 2.20 bits per heavy atom. The fraction of sp³-hybridized carbons (Fsp3) is 0.750. The van der Waals surface area contributed by atoms with Crippen LogP contribution >= 0.6 is 0 Å². The second-order valence-electron chi connectivity index (χ2n) is 3.98. The summed E-state index contributed by atoms with van der Waals surface area (Å²) in [5.74, 6) is 0. The van der Waals surface area contributed by atoms with E-state index in [0.717, 1.165) is 12.2 Å². The van der Waals surface area contributed by atoms with Crippen molar-refractivity contribution in [2.45, 2.75) is 59.0 Å². The molecule has 1 atom stereocenters. The molecule has 86 valence electrons. The van der Waals surface area contributed by atoms with Gasteiger partial charge in [0.25, 0.3) is 0 Å².